The van der Waals surface area contributed by atoms with Gasteiger partial charge in [0.1, 0.15) is 0 Å². The van der Waals surface area contributed by atoms with Crippen molar-refractivity contribution < 1.29 is 25.0 Å². The summed E-state index contributed by atoms with van der Waals surface area (Å²) < 4.78 is 0. The smallest absolute Gasteiger partial charge is 0.303 e. The first-order valence-electron chi connectivity index (χ1n) is 7.01. The van der Waals surface area contributed by atoms with Gasteiger partial charge in [0.25, 0.3) is 5.69 Å². The largest absolute Gasteiger partial charge is 0.481 e. The number of carbonyl (C=O) groups is 1. The van der Waals surface area contributed by atoms with Crippen LogP contribution in [0.15, 0.2) is 12.1 Å². The van der Waals surface area contributed by atoms with Gasteiger partial charge in [-0.2, -0.15) is 0 Å². The molecule has 6 N–H and O–H groups in total. The summed E-state index contributed by atoms with van der Waals surface area (Å²) in [6, 6.07) is 2.63. The molecule has 0 radical (unpaired) electrons. The molecule has 0 aliphatic carbocycles. The van der Waals surface area contributed by atoms with E-state index in [1.165, 1.54) is 12.1 Å². The number of aliphatic carboxylic acids is 1. The van der Waals surface area contributed by atoms with Crippen molar-refractivity contribution >= 4 is 23.0 Å². The molecule has 1 aromatic carbocycles. The summed E-state index contributed by atoms with van der Waals surface area (Å²) in [5, 5.41) is 47.1. The quantitative estimate of drug-likeness (QED) is 0.231. The fraction of sp³-hybridized carbons (Fsp3) is 0.462. The van der Waals surface area contributed by atoms with Crippen molar-refractivity contribution in [2.24, 2.45) is 0 Å². The third kappa shape index (κ3) is 4.28. The highest BCUT2D eigenvalue weighted by molar-refractivity contribution is 5.78. The Balaban J connectivity index is 2.13. The molecule has 0 bridgehead atoms. The topological polar surface area (TPSA) is 157 Å². The number of rotatable bonds is 7. The van der Waals surface area contributed by atoms with Crippen molar-refractivity contribution in [2.45, 2.75) is 31.8 Å². The van der Waals surface area contributed by atoms with Gasteiger partial charge < -0.3 is 31.3 Å². The highest BCUT2D eigenvalue weighted by Crippen LogP contribution is 2.35. The minimum absolute atomic E-state index is 0.0325. The standard InChI is InChI=1S/C13H18N4O6/c18-10(19)2-1-3-14-6-7-4-8(17(22)23)5-9-11(7)16-13(21)12(20)15-9/h4-5,12-16,20-21H,1-3,6H2,(H,18,19). The predicted octanol–water partition coefficient (Wildman–Crippen LogP) is 0.0234. The number of benzene rings is 1. The van der Waals surface area contributed by atoms with Crippen LogP contribution in [0.2, 0.25) is 0 Å². The van der Waals surface area contributed by atoms with Gasteiger partial charge in [-0.3, -0.25) is 14.9 Å². The number of carboxylic acids is 1. The van der Waals surface area contributed by atoms with Gasteiger partial charge in [-0.25, -0.2) is 0 Å². The number of fused-ring (bicyclic) bond motifs is 1. The first kappa shape index (κ1) is 16.9. The molecule has 1 heterocycles. The number of nitrogens with zero attached hydrogens (tertiary/aromatic N) is 1. The van der Waals surface area contributed by atoms with Crippen LogP contribution in [0.25, 0.3) is 0 Å². The summed E-state index contributed by atoms with van der Waals surface area (Å²) in [7, 11) is 0. The summed E-state index contributed by atoms with van der Waals surface area (Å²) in [5.41, 5.74) is 1.16. The summed E-state index contributed by atoms with van der Waals surface area (Å²) in [5.74, 6) is -0.887. The maximum absolute atomic E-state index is 11.0. The normalized spacial score (nSPS) is 19.4. The Morgan fingerprint density at radius 3 is 2.65 bits per heavy atom. The lowest BCUT2D eigenvalue weighted by Crippen LogP contribution is -2.43. The first-order valence-corrected chi connectivity index (χ1v) is 7.01. The lowest BCUT2D eigenvalue weighted by Gasteiger charge is -2.31. The van der Waals surface area contributed by atoms with E-state index in [1.54, 1.807) is 0 Å². The lowest BCUT2D eigenvalue weighted by atomic mass is 10.1. The van der Waals surface area contributed by atoms with Crippen molar-refractivity contribution in [3.63, 3.8) is 0 Å². The van der Waals surface area contributed by atoms with E-state index in [9.17, 15) is 25.1 Å². The van der Waals surface area contributed by atoms with E-state index in [1.807, 2.05) is 0 Å². The van der Waals surface area contributed by atoms with Gasteiger partial charge in [-0.15, -0.1) is 0 Å². The minimum Gasteiger partial charge on any atom is -0.481 e. The SMILES string of the molecule is O=C(O)CCCNCc1cc([N+](=O)[O-])cc2c1NC(O)C(O)N2. The predicted molar refractivity (Wildman–Crippen MR) is 80.9 cm³/mol. The molecule has 23 heavy (non-hydrogen) atoms. The van der Waals surface area contributed by atoms with Crippen LogP contribution in [0, 0.1) is 10.1 Å². The van der Waals surface area contributed by atoms with Crippen molar-refractivity contribution in [3.05, 3.63) is 27.8 Å². The molecule has 10 nitrogen and oxygen atoms in total. The molecule has 2 unspecified atom stereocenters. The number of hydrogen-bond acceptors (Lipinski definition) is 8. The van der Waals surface area contributed by atoms with Crippen molar-refractivity contribution in [1.29, 1.82) is 0 Å². The second-order valence-corrected chi connectivity index (χ2v) is 5.14. The van der Waals surface area contributed by atoms with Gasteiger partial charge in [-0.05, 0) is 18.5 Å². The molecule has 0 saturated carbocycles. The molecule has 2 atom stereocenters. The monoisotopic (exact) mass is 326 g/mol. The average Bonchev–Trinajstić information content (AvgIpc) is 2.47. The van der Waals surface area contributed by atoms with Crippen molar-refractivity contribution in [2.75, 3.05) is 17.2 Å². The Morgan fingerprint density at radius 2 is 2.00 bits per heavy atom. The molecule has 1 aliphatic rings. The van der Waals surface area contributed by atoms with Gasteiger partial charge in [0, 0.05) is 25.1 Å². The maximum atomic E-state index is 11.0. The Kier molecular flexibility index (Phi) is 5.32. The summed E-state index contributed by atoms with van der Waals surface area (Å²) >= 11 is 0. The number of aliphatic hydroxyl groups excluding tert-OH is 2. The molecule has 126 valence electrons. The zero-order valence-electron chi connectivity index (χ0n) is 12.2. The van der Waals surface area contributed by atoms with E-state index in [0.717, 1.165) is 0 Å². The van der Waals surface area contributed by atoms with Crippen LogP contribution in [-0.4, -0.2) is 45.2 Å². The van der Waals surface area contributed by atoms with Crippen LogP contribution in [0.1, 0.15) is 18.4 Å². The zero-order chi connectivity index (χ0) is 17.0. The van der Waals surface area contributed by atoms with Gasteiger partial charge in [0.05, 0.1) is 16.3 Å². The van der Waals surface area contributed by atoms with E-state index in [4.69, 9.17) is 5.11 Å². The van der Waals surface area contributed by atoms with Crippen LogP contribution in [0.4, 0.5) is 17.1 Å². The van der Waals surface area contributed by atoms with Gasteiger partial charge in [-0.1, -0.05) is 0 Å². The molecular formula is C13H18N4O6. The number of hydrogen-bond donors (Lipinski definition) is 6. The van der Waals surface area contributed by atoms with E-state index in [-0.39, 0.29) is 18.7 Å². The van der Waals surface area contributed by atoms with E-state index < -0.39 is 23.3 Å². The number of nitrogens with one attached hydrogen (secondary N) is 3. The Labute approximate surface area is 131 Å². The number of nitro benzene ring substituents is 1. The summed E-state index contributed by atoms with van der Waals surface area (Å²) in [6.45, 7) is 0.684. The maximum Gasteiger partial charge on any atom is 0.303 e. The second-order valence-electron chi connectivity index (χ2n) is 5.14. The molecule has 0 saturated heterocycles. The van der Waals surface area contributed by atoms with Crippen molar-refractivity contribution in [1.82, 2.24) is 5.32 Å². The van der Waals surface area contributed by atoms with E-state index >= 15 is 0 Å². The van der Waals surface area contributed by atoms with Gasteiger partial charge >= 0.3 is 5.97 Å². The van der Waals surface area contributed by atoms with Crippen LogP contribution >= 0.6 is 0 Å². The zero-order valence-corrected chi connectivity index (χ0v) is 12.2. The number of non-ortho nitro benzene ring substituents is 1. The van der Waals surface area contributed by atoms with E-state index in [0.29, 0.717) is 29.9 Å². The van der Waals surface area contributed by atoms with Crippen LogP contribution in [0.3, 0.4) is 0 Å². The molecule has 1 aliphatic heterocycles. The van der Waals surface area contributed by atoms with Gasteiger partial charge in [0.2, 0.25) is 0 Å². The molecule has 1 aromatic rings. The van der Waals surface area contributed by atoms with Crippen LogP contribution < -0.4 is 16.0 Å². The lowest BCUT2D eigenvalue weighted by molar-refractivity contribution is -0.384. The second kappa shape index (κ2) is 7.22. The van der Waals surface area contributed by atoms with Gasteiger partial charge in [0.15, 0.2) is 12.5 Å². The molecule has 0 fully saturated rings. The third-order valence-electron chi connectivity index (χ3n) is 3.37. The van der Waals surface area contributed by atoms with E-state index in [2.05, 4.69) is 16.0 Å². The van der Waals surface area contributed by atoms with Crippen LogP contribution in [-0.2, 0) is 11.3 Å². The molecule has 10 heteroatoms. The minimum atomic E-state index is -1.28. The molecule has 0 amide bonds. The average molecular weight is 326 g/mol. The summed E-state index contributed by atoms with van der Waals surface area (Å²) in [4.78, 5) is 20.9. The number of aliphatic hydroxyl groups is 2. The number of carboxylic acid groups (broad SMARTS) is 1. The summed E-state index contributed by atoms with van der Waals surface area (Å²) in [6.07, 6.45) is -2.06. The fourth-order valence-corrected chi connectivity index (χ4v) is 2.27. The highest BCUT2D eigenvalue weighted by Gasteiger charge is 2.27. The first-order chi connectivity index (χ1) is 10.9. The molecule has 0 aromatic heterocycles. The molecular weight excluding hydrogens is 308 g/mol. The van der Waals surface area contributed by atoms with Crippen molar-refractivity contribution in [3.8, 4) is 0 Å². The Morgan fingerprint density at radius 1 is 1.30 bits per heavy atom. The number of nitro groups is 1. The highest BCUT2D eigenvalue weighted by atomic mass is 16.6. The number of anilines is 2. The van der Waals surface area contributed by atoms with Crippen LogP contribution in [0.5, 0.6) is 0 Å². The Hall–Kier alpha value is -2.43. The molecule has 2 rings (SSSR count). The Bertz CT molecular complexity index is 608. The fourth-order valence-electron chi connectivity index (χ4n) is 2.27. The third-order valence-corrected chi connectivity index (χ3v) is 3.37. The molecule has 0 spiro atoms.